The molecule has 1 aromatic heterocycles. The van der Waals surface area contributed by atoms with Crippen LogP contribution < -0.4 is 4.90 Å². The summed E-state index contributed by atoms with van der Waals surface area (Å²) in [5.41, 5.74) is 0.985. The Kier molecular flexibility index (Phi) is 2.86. The van der Waals surface area contributed by atoms with E-state index < -0.39 is 0 Å². The van der Waals surface area contributed by atoms with Gasteiger partial charge in [-0.1, -0.05) is 6.92 Å². The molecule has 0 radical (unpaired) electrons. The van der Waals surface area contributed by atoms with Crippen molar-refractivity contribution in [3.05, 3.63) is 18.0 Å². The van der Waals surface area contributed by atoms with Crippen LogP contribution in [0.25, 0.3) is 0 Å². The lowest BCUT2D eigenvalue weighted by atomic mass is 9.97. The van der Waals surface area contributed by atoms with Crippen LogP contribution in [-0.4, -0.2) is 34.3 Å². The van der Waals surface area contributed by atoms with Crippen molar-refractivity contribution in [2.45, 2.75) is 26.4 Å². The number of piperidine rings is 1. The summed E-state index contributed by atoms with van der Waals surface area (Å²) in [6.07, 6.45) is 2.41. The third-order valence-corrected chi connectivity index (χ3v) is 2.92. The number of aliphatic hydroxyl groups is 1. The molecule has 1 aliphatic rings. The molecular weight excluding hydrogens is 190 g/mol. The zero-order chi connectivity index (χ0) is 10.8. The van der Waals surface area contributed by atoms with E-state index in [1.807, 2.05) is 13.0 Å². The van der Waals surface area contributed by atoms with Crippen molar-refractivity contribution in [2.24, 2.45) is 5.92 Å². The van der Waals surface area contributed by atoms with Gasteiger partial charge in [-0.25, -0.2) is 9.97 Å². The van der Waals surface area contributed by atoms with Gasteiger partial charge < -0.3 is 10.0 Å². The fourth-order valence-corrected chi connectivity index (χ4v) is 1.90. The fraction of sp³-hybridized carbons (Fsp3) is 0.636. The van der Waals surface area contributed by atoms with Crippen LogP contribution in [0.1, 0.15) is 19.0 Å². The van der Waals surface area contributed by atoms with Crippen molar-refractivity contribution in [2.75, 3.05) is 18.0 Å². The molecule has 2 rings (SSSR count). The van der Waals surface area contributed by atoms with E-state index in [2.05, 4.69) is 21.8 Å². The van der Waals surface area contributed by atoms with E-state index in [9.17, 15) is 5.11 Å². The standard InChI is InChI=1S/C11H17N3O/c1-8-7-14(6-4-10(8)15)11-12-5-3-9(2)13-11/h3,5,8,10,15H,4,6-7H2,1-2H3. The van der Waals surface area contributed by atoms with Gasteiger partial charge in [-0.3, -0.25) is 0 Å². The molecule has 0 bridgehead atoms. The summed E-state index contributed by atoms with van der Waals surface area (Å²) in [5, 5.41) is 9.63. The highest BCUT2D eigenvalue weighted by Gasteiger charge is 2.25. The second-order valence-electron chi connectivity index (χ2n) is 4.28. The molecule has 2 unspecified atom stereocenters. The largest absolute Gasteiger partial charge is 0.393 e. The molecule has 0 aliphatic carbocycles. The zero-order valence-electron chi connectivity index (χ0n) is 9.22. The Hall–Kier alpha value is -1.16. The van der Waals surface area contributed by atoms with Crippen LogP contribution in [0.5, 0.6) is 0 Å². The van der Waals surface area contributed by atoms with E-state index in [4.69, 9.17) is 0 Å². The highest BCUT2D eigenvalue weighted by atomic mass is 16.3. The Morgan fingerprint density at radius 1 is 1.53 bits per heavy atom. The van der Waals surface area contributed by atoms with E-state index in [-0.39, 0.29) is 6.10 Å². The van der Waals surface area contributed by atoms with Gasteiger partial charge in [0.15, 0.2) is 0 Å². The molecule has 1 fully saturated rings. The maximum Gasteiger partial charge on any atom is 0.225 e. The predicted octanol–water partition coefficient (Wildman–Crippen LogP) is 0.992. The SMILES string of the molecule is Cc1ccnc(N2CCC(O)C(C)C2)n1. The summed E-state index contributed by atoms with van der Waals surface area (Å²) in [6.45, 7) is 5.71. The lowest BCUT2D eigenvalue weighted by Gasteiger charge is -2.34. The number of aliphatic hydroxyl groups excluding tert-OH is 1. The van der Waals surface area contributed by atoms with Crippen LogP contribution in [0.4, 0.5) is 5.95 Å². The summed E-state index contributed by atoms with van der Waals surface area (Å²) < 4.78 is 0. The number of rotatable bonds is 1. The van der Waals surface area contributed by atoms with Crippen molar-refractivity contribution >= 4 is 5.95 Å². The van der Waals surface area contributed by atoms with Gasteiger partial charge in [0.25, 0.3) is 0 Å². The molecular formula is C11H17N3O. The smallest absolute Gasteiger partial charge is 0.225 e. The first-order valence-electron chi connectivity index (χ1n) is 5.39. The molecule has 1 aliphatic heterocycles. The van der Waals surface area contributed by atoms with Crippen molar-refractivity contribution in [3.63, 3.8) is 0 Å². The average Bonchev–Trinajstić information content (AvgIpc) is 2.22. The monoisotopic (exact) mass is 207 g/mol. The quantitative estimate of drug-likeness (QED) is 0.746. The Morgan fingerprint density at radius 3 is 3.00 bits per heavy atom. The molecule has 0 spiro atoms. The first-order chi connectivity index (χ1) is 7.16. The summed E-state index contributed by atoms with van der Waals surface area (Å²) >= 11 is 0. The Balaban J connectivity index is 2.12. The van der Waals surface area contributed by atoms with Crippen LogP contribution in [-0.2, 0) is 0 Å². The van der Waals surface area contributed by atoms with Gasteiger partial charge in [0, 0.05) is 25.0 Å². The molecule has 2 heterocycles. The number of aromatic nitrogens is 2. The summed E-state index contributed by atoms with van der Waals surface area (Å²) in [6, 6.07) is 1.89. The van der Waals surface area contributed by atoms with Crippen LogP contribution in [0.15, 0.2) is 12.3 Å². The van der Waals surface area contributed by atoms with Crippen LogP contribution >= 0.6 is 0 Å². The predicted molar refractivity (Wildman–Crippen MR) is 58.8 cm³/mol. The molecule has 2 atom stereocenters. The lowest BCUT2D eigenvalue weighted by molar-refractivity contribution is 0.0966. The Bertz CT molecular complexity index is 342. The van der Waals surface area contributed by atoms with Crippen molar-refractivity contribution < 1.29 is 5.11 Å². The van der Waals surface area contributed by atoms with Gasteiger partial charge in [0.2, 0.25) is 5.95 Å². The molecule has 4 nitrogen and oxygen atoms in total. The van der Waals surface area contributed by atoms with E-state index in [0.717, 1.165) is 31.2 Å². The van der Waals surface area contributed by atoms with Gasteiger partial charge >= 0.3 is 0 Å². The fourth-order valence-electron chi connectivity index (χ4n) is 1.90. The van der Waals surface area contributed by atoms with Crippen molar-refractivity contribution in [3.8, 4) is 0 Å². The van der Waals surface area contributed by atoms with E-state index in [0.29, 0.717) is 5.92 Å². The number of hydrogen-bond acceptors (Lipinski definition) is 4. The molecule has 0 saturated carbocycles. The average molecular weight is 207 g/mol. The minimum Gasteiger partial charge on any atom is -0.393 e. The number of nitrogens with zero attached hydrogens (tertiary/aromatic N) is 3. The number of hydrogen-bond donors (Lipinski definition) is 1. The van der Waals surface area contributed by atoms with Crippen LogP contribution in [0.3, 0.4) is 0 Å². The number of aryl methyl sites for hydroxylation is 1. The zero-order valence-corrected chi connectivity index (χ0v) is 9.22. The first kappa shape index (κ1) is 10.4. The van der Waals surface area contributed by atoms with E-state index >= 15 is 0 Å². The van der Waals surface area contributed by atoms with E-state index in [1.165, 1.54) is 0 Å². The summed E-state index contributed by atoms with van der Waals surface area (Å²) in [5.74, 6) is 1.08. The van der Waals surface area contributed by atoms with Gasteiger partial charge in [-0.15, -0.1) is 0 Å². The molecule has 15 heavy (non-hydrogen) atoms. The normalized spacial score (nSPS) is 26.7. The Morgan fingerprint density at radius 2 is 2.33 bits per heavy atom. The topological polar surface area (TPSA) is 49.2 Å². The first-order valence-corrected chi connectivity index (χ1v) is 5.39. The van der Waals surface area contributed by atoms with Crippen molar-refractivity contribution in [1.82, 2.24) is 9.97 Å². The van der Waals surface area contributed by atoms with E-state index in [1.54, 1.807) is 6.20 Å². The third-order valence-electron chi connectivity index (χ3n) is 2.92. The van der Waals surface area contributed by atoms with Gasteiger partial charge in [-0.2, -0.15) is 0 Å². The second-order valence-corrected chi connectivity index (χ2v) is 4.28. The van der Waals surface area contributed by atoms with Crippen molar-refractivity contribution in [1.29, 1.82) is 0 Å². The third kappa shape index (κ3) is 2.26. The molecule has 82 valence electrons. The molecule has 1 saturated heterocycles. The molecule has 0 aromatic carbocycles. The minimum atomic E-state index is -0.175. The second kappa shape index (κ2) is 4.14. The van der Waals surface area contributed by atoms with Crippen LogP contribution in [0, 0.1) is 12.8 Å². The van der Waals surface area contributed by atoms with Gasteiger partial charge in [0.05, 0.1) is 6.10 Å². The Labute approximate surface area is 90.0 Å². The molecule has 1 aromatic rings. The van der Waals surface area contributed by atoms with Gasteiger partial charge in [0.1, 0.15) is 0 Å². The van der Waals surface area contributed by atoms with Crippen LogP contribution in [0.2, 0.25) is 0 Å². The number of anilines is 1. The maximum absolute atomic E-state index is 9.63. The minimum absolute atomic E-state index is 0.175. The maximum atomic E-state index is 9.63. The van der Waals surface area contributed by atoms with Gasteiger partial charge in [-0.05, 0) is 25.3 Å². The lowest BCUT2D eigenvalue weighted by Crippen LogP contribution is -2.42. The highest BCUT2D eigenvalue weighted by Crippen LogP contribution is 2.20. The highest BCUT2D eigenvalue weighted by molar-refractivity contribution is 5.31. The summed E-state index contributed by atoms with van der Waals surface area (Å²) in [4.78, 5) is 10.8. The molecule has 0 amide bonds. The summed E-state index contributed by atoms with van der Waals surface area (Å²) in [7, 11) is 0. The molecule has 1 N–H and O–H groups in total. The molecule has 4 heteroatoms.